The molecule has 0 heterocycles. The topological polar surface area (TPSA) is 48.8 Å². The van der Waals surface area contributed by atoms with Crippen LogP contribution in [0.1, 0.15) is 32.1 Å². The third kappa shape index (κ3) is 2.28. The summed E-state index contributed by atoms with van der Waals surface area (Å²) in [6, 6.07) is 0. The molecule has 0 spiro atoms. The second kappa shape index (κ2) is 4.18. The molecule has 1 saturated carbocycles. The minimum Gasteiger partial charge on any atom is -0.0940 e. The van der Waals surface area contributed by atoms with Crippen molar-refractivity contribution in [3.05, 3.63) is 10.4 Å². The quantitative estimate of drug-likeness (QED) is 0.328. The molecule has 0 radical (unpaired) electrons. The van der Waals surface area contributed by atoms with Crippen LogP contribution < -0.4 is 0 Å². The van der Waals surface area contributed by atoms with Gasteiger partial charge in [-0.15, -0.1) is 0 Å². The highest BCUT2D eigenvalue weighted by atomic mass is 15.1. The van der Waals surface area contributed by atoms with Crippen LogP contribution in [-0.4, -0.2) is 6.54 Å². The summed E-state index contributed by atoms with van der Waals surface area (Å²) in [4.78, 5) is 2.72. The Morgan fingerprint density at radius 1 is 1.40 bits per heavy atom. The highest BCUT2D eigenvalue weighted by molar-refractivity contribution is 4.67. The van der Waals surface area contributed by atoms with Gasteiger partial charge in [-0.1, -0.05) is 30.8 Å². The SMILES string of the molecule is [N-]=[N+]=NCCC1CCCC1. The largest absolute Gasteiger partial charge is 0.0940 e. The zero-order chi connectivity index (χ0) is 7.23. The number of hydrogen-bond acceptors (Lipinski definition) is 1. The third-order valence-electron chi connectivity index (χ3n) is 2.18. The van der Waals surface area contributed by atoms with Crippen LogP contribution in [0.15, 0.2) is 5.11 Å². The molecule has 0 unspecified atom stereocenters. The molecule has 10 heavy (non-hydrogen) atoms. The van der Waals surface area contributed by atoms with Crippen molar-refractivity contribution in [2.24, 2.45) is 11.0 Å². The Bertz CT molecular complexity index is 132. The summed E-state index contributed by atoms with van der Waals surface area (Å²) in [5.74, 6) is 0.852. The van der Waals surface area contributed by atoms with Gasteiger partial charge in [0.15, 0.2) is 0 Å². The smallest absolute Gasteiger partial charge is 0.0260 e. The van der Waals surface area contributed by atoms with Crippen molar-refractivity contribution in [3.63, 3.8) is 0 Å². The number of hydrogen-bond donors (Lipinski definition) is 0. The lowest BCUT2D eigenvalue weighted by Crippen LogP contribution is -1.94. The van der Waals surface area contributed by atoms with E-state index < -0.39 is 0 Å². The Labute approximate surface area is 61.1 Å². The molecular weight excluding hydrogens is 126 g/mol. The maximum atomic E-state index is 8.00. The van der Waals surface area contributed by atoms with E-state index in [9.17, 15) is 0 Å². The summed E-state index contributed by atoms with van der Waals surface area (Å²) in [5.41, 5.74) is 8.00. The summed E-state index contributed by atoms with van der Waals surface area (Å²) in [7, 11) is 0. The molecule has 0 aliphatic heterocycles. The summed E-state index contributed by atoms with van der Waals surface area (Å²) in [6.07, 6.45) is 6.55. The normalized spacial score (nSPS) is 18.8. The molecule has 0 saturated heterocycles. The van der Waals surface area contributed by atoms with Crippen molar-refractivity contribution in [1.82, 2.24) is 0 Å². The summed E-state index contributed by atoms with van der Waals surface area (Å²) in [6.45, 7) is 0.696. The van der Waals surface area contributed by atoms with Crippen LogP contribution >= 0.6 is 0 Å². The molecule has 0 aromatic heterocycles. The van der Waals surface area contributed by atoms with Gasteiger partial charge in [-0.3, -0.25) is 0 Å². The van der Waals surface area contributed by atoms with Gasteiger partial charge in [-0.25, -0.2) is 0 Å². The van der Waals surface area contributed by atoms with Gasteiger partial charge in [0.05, 0.1) is 0 Å². The van der Waals surface area contributed by atoms with Gasteiger partial charge < -0.3 is 0 Å². The van der Waals surface area contributed by atoms with Crippen molar-refractivity contribution in [1.29, 1.82) is 0 Å². The van der Waals surface area contributed by atoms with Crippen molar-refractivity contribution in [3.8, 4) is 0 Å². The van der Waals surface area contributed by atoms with Crippen LogP contribution in [0, 0.1) is 5.92 Å². The lowest BCUT2D eigenvalue weighted by Gasteiger charge is -2.03. The lowest BCUT2D eigenvalue weighted by molar-refractivity contribution is 0.511. The Kier molecular flexibility index (Phi) is 3.10. The highest BCUT2D eigenvalue weighted by Crippen LogP contribution is 2.27. The molecule has 0 aromatic carbocycles. The van der Waals surface area contributed by atoms with E-state index in [1.807, 2.05) is 0 Å². The standard InChI is InChI=1S/C7H13N3/c8-10-9-6-5-7-3-1-2-4-7/h7H,1-6H2. The van der Waals surface area contributed by atoms with Gasteiger partial charge in [0.2, 0.25) is 0 Å². The van der Waals surface area contributed by atoms with E-state index in [2.05, 4.69) is 10.0 Å². The van der Waals surface area contributed by atoms with E-state index in [1.54, 1.807) is 0 Å². The average Bonchev–Trinajstić information content (AvgIpc) is 2.41. The van der Waals surface area contributed by atoms with Gasteiger partial charge >= 0.3 is 0 Å². The summed E-state index contributed by atoms with van der Waals surface area (Å²) in [5, 5.41) is 3.52. The molecule has 56 valence electrons. The van der Waals surface area contributed by atoms with Gasteiger partial charge in [-0.05, 0) is 17.9 Å². The molecule has 1 aliphatic carbocycles. The van der Waals surface area contributed by atoms with Crippen LogP contribution in [0.5, 0.6) is 0 Å². The second-order valence-corrected chi connectivity index (χ2v) is 2.89. The molecule has 1 rings (SSSR count). The Morgan fingerprint density at radius 2 is 2.10 bits per heavy atom. The summed E-state index contributed by atoms with van der Waals surface area (Å²) >= 11 is 0. The lowest BCUT2D eigenvalue weighted by atomic mass is 10.1. The van der Waals surface area contributed by atoms with E-state index >= 15 is 0 Å². The van der Waals surface area contributed by atoms with E-state index in [4.69, 9.17) is 5.53 Å². The van der Waals surface area contributed by atoms with E-state index in [1.165, 1.54) is 25.7 Å². The third-order valence-corrected chi connectivity index (χ3v) is 2.18. The van der Waals surface area contributed by atoms with Crippen LogP contribution in [0.2, 0.25) is 0 Å². The van der Waals surface area contributed by atoms with E-state index in [0.29, 0.717) is 6.54 Å². The predicted octanol–water partition coefficient (Wildman–Crippen LogP) is 2.88. The molecular formula is C7H13N3. The van der Waals surface area contributed by atoms with Gasteiger partial charge in [0, 0.05) is 11.5 Å². The fourth-order valence-corrected chi connectivity index (χ4v) is 1.58. The molecule has 0 aromatic rings. The fraction of sp³-hybridized carbons (Fsp3) is 1.00. The Hall–Kier alpha value is -0.690. The maximum absolute atomic E-state index is 8.00. The molecule has 0 atom stereocenters. The van der Waals surface area contributed by atoms with Crippen molar-refractivity contribution in [2.45, 2.75) is 32.1 Å². The van der Waals surface area contributed by atoms with Crippen molar-refractivity contribution >= 4 is 0 Å². The minimum absolute atomic E-state index is 0.696. The maximum Gasteiger partial charge on any atom is 0.0260 e. The highest BCUT2D eigenvalue weighted by Gasteiger charge is 2.13. The van der Waals surface area contributed by atoms with Gasteiger partial charge in [-0.2, -0.15) is 0 Å². The first-order chi connectivity index (χ1) is 4.93. The van der Waals surface area contributed by atoms with Crippen LogP contribution in [-0.2, 0) is 0 Å². The minimum atomic E-state index is 0.696. The number of azide groups is 1. The van der Waals surface area contributed by atoms with Gasteiger partial charge in [0.25, 0.3) is 0 Å². The second-order valence-electron chi connectivity index (χ2n) is 2.89. The molecule has 0 N–H and O–H groups in total. The van der Waals surface area contributed by atoms with Crippen molar-refractivity contribution in [2.75, 3.05) is 6.54 Å². The monoisotopic (exact) mass is 139 g/mol. The van der Waals surface area contributed by atoms with Crippen LogP contribution in [0.3, 0.4) is 0 Å². The molecule has 3 heteroatoms. The van der Waals surface area contributed by atoms with Crippen molar-refractivity contribution < 1.29 is 0 Å². The first kappa shape index (κ1) is 7.42. The first-order valence-corrected chi connectivity index (χ1v) is 3.94. The molecule has 1 fully saturated rings. The number of nitrogens with zero attached hydrogens (tertiary/aromatic N) is 3. The molecule has 0 bridgehead atoms. The van der Waals surface area contributed by atoms with E-state index in [-0.39, 0.29) is 0 Å². The Morgan fingerprint density at radius 3 is 2.70 bits per heavy atom. The van der Waals surface area contributed by atoms with Crippen LogP contribution in [0.25, 0.3) is 10.4 Å². The number of rotatable bonds is 3. The van der Waals surface area contributed by atoms with Crippen LogP contribution in [0.4, 0.5) is 0 Å². The first-order valence-electron chi connectivity index (χ1n) is 3.94. The Balaban J connectivity index is 2.06. The zero-order valence-electron chi connectivity index (χ0n) is 6.16. The fourth-order valence-electron chi connectivity index (χ4n) is 1.58. The predicted molar refractivity (Wildman–Crippen MR) is 40.6 cm³/mol. The summed E-state index contributed by atoms with van der Waals surface area (Å²) < 4.78 is 0. The zero-order valence-corrected chi connectivity index (χ0v) is 6.16. The van der Waals surface area contributed by atoms with E-state index in [0.717, 1.165) is 12.3 Å². The average molecular weight is 139 g/mol. The molecule has 3 nitrogen and oxygen atoms in total. The molecule has 1 aliphatic rings. The molecule has 0 amide bonds. The van der Waals surface area contributed by atoms with Gasteiger partial charge in [0.1, 0.15) is 0 Å².